The molecule has 1 aliphatic rings. The summed E-state index contributed by atoms with van der Waals surface area (Å²) in [4.78, 5) is 6.30. The number of anilines is 1. The number of rotatable bonds is 6. The molecule has 0 aliphatic carbocycles. The molecule has 0 bridgehead atoms. The van der Waals surface area contributed by atoms with Crippen LogP contribution in [0.3, 0.4) is 0 Å². The van der Waals surface area contributed by atoms with Crippen LogP contribution in [0.2, 0.25) is 0 Å². The lowest BCUT2D eigenvalue weighted by Crippen LogP contribution is -2.46. The summed E-state index contributed by atoms with van der Waals surface area (Å²) in [5.74, 6) is 0. The molecular weight excluding hydrogens is 454 g/mol. The molecule has 1 fully saturated rings. The molecule has 2 aromatic heterocycles. The molecule has 9 heteroatoms. The highest BCUT2D eigenvalue weighted by Crippen LogP contribution is 2.40. The second-order valence-electron chi connectivity index (χ2n) is 8.33. The van der Waals surface area contributed by atoms with E-state index in [-0.39, 0.29) is 5.56 Å². The standard InChI is InChI=1S/C24H25F4N3OS/c1-31-11-9-19(18(25)14-31)30-20-6-2-5-16-17(12-24(26,27)28)22(33-23(16)20)8-7-21(32)15-4-3-10-29-13-15/h2-8,10,13,18-19,21,30,32H,9,11-12,14H2,1H3/b8-7+/t18-,19+,21?/m0/s1. The zero-order valence-electron chi connectivity index (χ0n) is 18.0. The van der Waals surface area contributed by atoms with Gasteiger partial charge in [0.15, 0.2) is 0 Å². The first-order chi connectivity index (χ1) is 15.7. The number of thiophene rings is 1. The van der Waals surface area contributed by atoms with Gasteiger partial charge in [0.25, 0.3) is 0 Å². The molecule has 2 N–H and O–H groups in total. The van der Waals surface area contributed by atoms with Crippen LogP contribution < -0.4 is 5.32 Å². The lowest BCUT2D eigenvalue weighted by atomic mass is 10.0. The van der Waals surface area contributed by atoms with E-state index >= 15 is 0 Å². The maximum Gasteiger partial charge on any atom is 0.393 e. The molecule has 0 spiro atoms. The third-order valence-electron chi connectivity index (χ3n) is 5.77. The van der Waals surface area contributed by atoms with E-state index < -0.39 is 30.9 Å². The number of hydrogen-bond acceptors (Lipinski definition) is 5. The van der Waals surface area contributed by atoms with Crippen LogP contribution >= 0.6 is 11.3 Å². The number of likely N-dealkylation sites (tertiary alicyclic amines) is 1. The summed E-state index contributed by atoms with van der Waals surface area (Å²) in [5.41, 5.74) is 1.33. The quantitative estimate of drug-likeness (QED) is 0.452. The Balaban J connectivity index is 1.69. The average molecular weight is 480 g/mol. The Kier molecular flexibility index (Phi) is 7.02. The molecule has 0 amide bonds. The Morgan fingerprint density at radius 2 is 2.12 bits per heavy atom. The van der Waals surface area contributed by atoms with Crippen LogP contribution in [0, 0.1) is 0 Å². The number of fused-ring (bicyclic) bond motifs is 1. The second kappa shape index (κ2) is 9.79. The lowest BCUT2D eigenvalue weighted by molar-refractivity contribution is -0.126. The highest BCUT2D eigenvalue weighted by molar-refractivity contribution is 7.20. The SMILES string of the molecule is CN1CC[C@@H](Nc2cccc3c(CC(F)(F)F)c(/C=C/C(O)c4cccnc4)sc23)[C@@H](F)C1. The molecule has 33 heavy (non-hydrogen) atoms. The van der Waals surface area contributed by atoms with Crippen molar-refractivity contribution < 1.29 is 22.7 Å². The maximum atomic E-state index is 14.6. The van der Waals surface area contributed by atoms with Crippen LogP contribution in [0.4, 0.5) is 23.2 Å². The molecule has 176 valence electrons. The van der Waals surface area contributed by atoms with Crippen molar-refractivity contribution in [3.8, 4) is 0 Å². The summed E-state index contributed by atoms with van der Waals surface area (Å²) >= 11 is 1.21. The summed E-state index contributed by atoms with van der Waals surface area (Å²) in [5, 5.41) is 14.1. The van der Waals surface area contributed by atoms with Crippen molar-refractivity contribution in [1.82, 2.24) is 9.88 Å². The Morgan fingerprint density at radius 3 is 2.82 bits per heavy atom. The zero-order valence-corrected chi connectivity index (χ0v) is 18.8. The zero-order chi connectivity index (χ0) is 23.6. The fourth-order valence-electron chi connectivity index (χ4n) is 4.08. The van der Waals surface area contributed by atoms with Gasteiger partial charge in [-0.3, -0.25) is 4.98 Å². The van der Waals surface area contributed by atoms with Crippen molar-refractivity contribution in [2.75, 3.05) is 25.5 Å². The smallest absolute Gasteiger partial charge is 0.384 e. The van der Waals surface area contributed by atoms with Gasteiger partial charge < -0.3 is 15.3 Å². The minimum atomic E-state index is -4.39. The maximum absolute atomic E-state index is 14.6. The van der Waals surface area contributed by atoms with Gasteiger partial charge in [0, 0.05) is 35.9 Å². The third kappa shape index (κ3) is 5.72. The summed E-state index contributed by atoms with van der Waals surface area (Å²) in [6.07, 6.45) is -0.849. The highest BCUT2D eigenvalue weighted by Gasteiger charge is 2.32. The van der Waals surface area contributed by atoms with E-state index in [1.54, 1.807) is 36.5 Å². The largest absolute Gasteiger partial charge is 0.393 e. The topological polar surface area (TPSA) is 48.4 Å². The van der Waals surface area contributed by atoms with Crippen molar-refractivity contribution in [3.05, 3.63) is 64.8 Å². The van der Waals surface area contributed by atoms with Crippen molar-refractivity contribution in [3.63, 3.8) is 0 Å². The number of hydrogen-bond donors (Lipinski definition) is 2. The summed E-state index contributed by atoms with van der Waals surface area (Å²) in [6.45, 7) is 1.07. The fourth-order valence-corrected chi connectivity index (χ4v) is 5.29. The number of nitrogens with one attached hydrogen (secondary N) is 1. The first kappa shape index (κ1) is 23.7. The third-order valence-corrected chi connectivity index (χ3v) is 7.01. The van der Waals surface area contributed by atoms with Crippen LogP contribution in [0.1, 0.15) is 28.5 Å². The van der Waals surface area contributed by atoms with Gasteiger partial charge in [-0.25, -0.2) is 4.39 Å². The molecule has 3 atom stereocenters. The molecule has 1 aromatic carbocycles. The van der Waals surface area contributed by atoms with Gasteiger partial charge in [0.1, 0.15) is 6.17 Å². The van der Waals surface area contributed by atoms with Gasteiger partial charge in [0.05, 0.1) is 29.0 Å². The molecule has 0 radical (unpaired) electrons. The normalized spacial score (nSPS) is 21.0. The Bertz CT molecular complexity index is 1120. The van der Waals surface area contributed by atoms with Crippen molar-refractivity contribution >= 4 is 33.2 Å². The number of pyridine rings is 1. The molecule has 1 aliphatic heterocycles. The lowest BCUT2D eigenvalue weighted by Gasteiger charge is -2.33. The van der Waals surface area contributed by atoms with Crippen LogP contribution in [0.25, 0.3) is 16.2 Å². The Labute approximate surface area is 193 Å². The van der Waals surface area contributed by atoms with Gasteiger partial charge >= 0.3 is 6.18 Å². The number of benzene rings is 1. The number of aromatic nitrogens is 1. The van der Waals surface area contributed by atoms with Crippen molar-refractivity contribution in [1.29, 1.82) is 0 Å². The van der Waals surface area contributed by atoms with Gasteiger partial charge in [-0.1, -0.05) is 24.3 Å². The first-order valence-electron chi connectivity index (χ1n) is 10.7. The summed E-state index contributed by atoms with van der Waals surface area (Å²) in [6, 6.07) is 8.11. The van der Waals surface area contributed by atoms with E-state index in [9.17, 15) is 22.7 Å². The summed E-state index contributed by atoms with van der Waals surface area (Å²) < 4.78 is 55.4. The van der Waals surface area contributed by atoms with E-state index in [1.165, 1.54) is 29.7 Å². The summed E-state index contributed by atoms with van der Waals surface area (Å²) in [7, 11) is 1.87. The molecule has 3 heterocycles. The average Bonchev–Trinajstić information content (AvgIpc) is 3.11. The molecule has 1 saturated heterocycles. The monoisotopic (exact) mass is 479 g/mol. The Morgan fingerprint density at radius 1 is 1.30 bits per heavy atom. The molecule has 4 nitrogen and oxygen atoms in total. The number of halogens is 4. The van der Waals surface area contributed by atoms with Gasteiger partial charge in [-0.2, -0.15) is 13.2 Å². The Hall–Kier alpha value is -2.49. The van der Waals surface area contributed by atoms with Crippen LogP contribution in [0.5, 0.6) is 0 Å². The molecule has 0 saturated carbocycles. The number of piperidine rings is 1. The minimum Gasteiger partial charge on any atom is -0.384 e. The van der Waals surface area contributed by atoms with E-state index in [4.69, 9.17) is 0 Å². The van der Waals surface area contributed by atoms with E-state index in [0.717, 1.165) is 6.54 Å². The predicted molar refractivity (Wildman–Crippen MR) is 124 cm³/mol. The van der Waals surface area contributed by atoms with Crippen LogP contribution in [0.15, 0.2) is 48.8 Å². The minimum absolute atomic E-state index is 0.154. The van der Waals surface area contributed by atoms with Gasteiger partial charge in [0.2, 0.25) is 0 Å². The number of alkyl halides is 4. The second-order valence-corrected chi connectivity index (χ2v) is 9.38. The van der Waals surface area contributed by atoms with Crippen molar-refractivity contribution in [2.45, 2.75) is 37.3 Å². The van der Waals surface area contributed by atoms with Crippen LogP contribution in [-0.4, -0.2) is 53.5 Å². The number of aliphatic hydroxyl groups excluding tert-OH is 1. The highest BCUT2D eigenvalue weighted by atomic mass is 32.1. The van der Waals surface area contributed by atoms with E-state index in [2.05, 4.69) is 10.3 Å². The molecule has 3 aromatic rings. The van der Waals surface area contributed by atoms with E-state index in [1.807, 2.05) is 11.9 Å². The molecular formula is C24H25F4N3OS. The number of aliphatic hydroxyl groups is 1. The fraction of sp³-hybridized carbons (Fsp3) is 0.375. The first-order valence-corrected chi connectivity index (χ1v) is 11.5. The van der Waals surface area contributed by atoms with Gasteiger partial charge in [-0.15, -0.1) is 11.3 Å². The predicted octanol–water partition coefficient (Wildman–Crippen LogP) is 5.60. The number of nitrogens with zero attached hydrogens (tertiary/aromatic N) is 2. The van der Waals surface area contributed by atoms with E-state index in [0.29, 0.717) is 39.2 Å². The molecule has 4 rings (SSSR count). The van der Waals surface area contributed by atoms with Crippen LogP contribution in [-0.2, 0) is 6.42 Å². The van der Waals surface area contributed by atoms with Gasteiger partial charge in [-0.05, 0) is 42.6 Å². The molecule has 1 unspecified atom stereocenters. The van der Waals surface area contributed by atoms with Crippen molar-refractivity contribution in [2.24, 2.45) is 0 Å².